The van der Waals surface area contributed by atoms with Gasteiger partial charge in [0, 0.05) is 18.0 Å². The molecular formula is C22H23NO4S. The highest BCUT2D eigenvalue weighted by Crippen LogP contribution is 2.26. The van der Waals surface area contributed by atoms with Gasteiger partial charge in [0.05, 0.1) is 7.11 Å². The van der Waals surface area contributed by atoms with Crippen LogP contribution in [-0.4, -0.2) is 49.8 Å². The zero-order chi connectivity index (χ0) is 19.9. The average molecular weight is 397 g/mol. The number of carbonyl (C=O) groups is 2. The van der Waals surface area contributed by atoms with Crippen LogP contribution in [0.25, 0.3) is 5.57 Å². The van der Waals surface area contributed by atoms with Crippen LogP contribution in [-0.2, 0) is 9.53 Å². The number of ether oxygens (including phenoxy) is 2. The number of rotatable bonds is 6. The normalized spacial score (nSPS) is 13.6. The Labute approximate surface area is 169 Å². The minimum atomic E-state index is -0.560. The van der Waals surface area contributed by atoms with Gasteiger partial charge in [-0.3, -0.25) is 4.79 Å². The summed E-state index contributed by atoms with van der Waals surface area (Å²) in [5, 5.41) is 0. The van der Waals surface area contributed by atoms with Gasteiger partial charge >= 0.3 is 5.97 Å². The fourth-order valence-corrected chi connectivity index (χ4v) is 3.50. The summed E-state index contributed by atoms with van der Waals surface area (Å²) < 4.78 is 10.5. The fourth-order valence-electron chi connectivity index (χ4n) is 3.07. The first-order valence-electron chi connectivity index (χ1n) is 9.03. The van der Waals surface area contributed by atoms with E-state index in [2.05, 4.69) is 18.2 Å². The summed E-state index contributed by atoms with van der Waals surface area (Å²) in [5.74, 6) is -0.315. The van der Waals surface area contributed by atoms with Crippen molar-refractivity contribution in [1.29, 1.82) is 0 Å². The highest BCUT2D eigenvalue weighted by molar-refractivity contribution is 7.98. The zero-order valence-corrected chi connectivity index (χ0v) is 16.8. The molecule has 0 unspecified atom stereocenters. The third kappa shape index (κ3) is 4.75. The maximum absolute atomic E-state index is 12.4. The minimum absolute atomic E-state index is 0.198. The Morgan fingerprint density at radius 1 is 1.14 bits per heavy atom. The number of hydrogen-bond donors (Lipinski definition) is 0. The van der Waals surface area contributed by atoms with Gasteiger partial charge in [-0.15, -0.1) is 11.8 Å². The topological polar surface area (TPSA) is 55.8 Å². The monoisotopic (exact) mass is 397 g/mol. The quantitative estimate of drug-likeness (QED) is 0.547. The summed E-state index contributed by atoms with van der Waals surface area (Å²) in [7, 11) is 1.51. The van der Waals surface area contributed by atoms with Crippen LogP contribution in [0.2, 0.25) is 0 Å². The molecule has 0 spiro atoms. The lowest BCUT2D eigenvalue weighted by atomic mass is 10.00. The van der Waals surface area contributed by atoms with Crippen LogP contribution >= 0.6 is 11.8 Å². The number of hydrogen-bond acceptors (Lipinski definition) is 5. The Bertz CT molecular complexity index is 879. The first-order valence-corrected chi connectivity index (χ1v) is 10.3. The molecule has 0 saturated carbocycles. The smallest absolute Gasteiger partial charge is 0.342 e. The number of methoxy groups -OCH3 is 1. The number of amides is 1. The number of carbonyl (C=O) groups excluding carboxylic acids is 2. The summed E-state index contributed by atoms with van der Waals surface area (Å²) in [6.07, 6.45) is 4.79. The molecule has 0 aromatic heterocycles. The van der Waals surface area contributed by atoms with Crippen molar-refractivity contribution in [3.63, 3.8) is 0 Å². The molecule has 1 heterocycles. The summed E-state index contributed by atoms with van der Waals surface area (Å²) in [6, 6.07) is 15.4. The average Bonchev–Trinajstić information content (AvgIpc) is 2.77. The zero-order valence-electron chi connectivity index (χ0n) is 16.0. The highest BCUT2D eigenvalue weighted by atomic mass is 32.2. The van der Waals surface area contributed by atoms with Crippen LogP contribution in [0.15, 0.2) is 59.5 Å². The number of esters is 1. The second-order valence-corrected chi connectivity index (χ2v) is 7.21. The van der Waals surface area contributed by atoms with Crippen molar-refractivity contribution in [2.75, 3.05) is 33.1 Å². The SMILES string of the molecule is COc1cc(SC)ccc1C(=O)OCC(=O)N1CC=C(c2ccccc2)CC1. The van der Waals surface area contributed by atoms with Crippen LogP contribution < -0.4 is 4.74 Å². The molecule has 146 valence electrons. The molecule has 2 aromatic rings. The van der Waals surface area contributed by atoms with Gasteiger partial charge in [-0.05, 0) is 42.0 Å². The molecule has 28 heavy (non-hydrogen) atoms. The van der Waals surface area contributed by atoms with Gasteiger partial charge in [-0.25, -0.2) is 4.79 Å². The Hall–Kier alpha value is -2.73. The third-order valence-electron chi connectivity index (χ3n) is 4.66. The predicted molar refractivity (Wildman–Crippen MR) is 111 cm³/mol. The van der Waals surface area contributed by atoms with E-state index in [9.17, 15) is 9.59 Å². The van der Waals surface area contributed by atoms with Gasteiger partial charge < -0.3 is 14.4 Å². The molecule has 1 aliphatic rings. The first kappa shape index (κ1) is 20.0. The van der Waals surface area contributed by atoms with E-state index in [1.54, 1.807) is 28.8 Å². The molecule has 0 fully saturated rings. The minimum Gasteiger partial charge on any atom is -0.496 e. The second kappa shape index (κ2) is 9.46. The predicted octanol–water partition coefficient (Wildman–Crippen LogP) is 3.89. The largest absolute Gasteiger partial charge is 0.496 e. The summed E-state index contributed by atoms with van der Waals surface area (Å²) in [4.78, 5) is 27.5. The van der Waals surface area contributed by atoms with Crippen LogP contribution in [0.5, 0.6) is 5.75 Å². The van der Waals surface area contributed by atoms with E-state index in [1.807, 2.05) is 30.5 Å². The van der Waals surface area contributed by atoms with E-state index in [0.29, 0.717) is 24.4 Å². The Kier molecular flexibility index (Phi) is 6.76. The van der Waals surface area contributed by atoms with Crippen molar-refractivity contribution in [1.82, 2.24) is 4.90 Å². The van der Waals surface area contributed by atoms with Crippen molar-refractivity contribution in [2.24, 2.45) is 0 Å². The summed E-state index contributed by atoms with van der Waals surface area (Å²) in [6.45, 7) is 0.857. The van der Waals surface area contributed by atoms with Gasteiger partial charge in [0.1, 0.15) is 11.3 Å². The van der Waals surface area contributed by atoms with Crippen molar-refractivity contribution < 1.29 is 19.1 Å². The molecule has 1 amide bonds. The van der Waals surface area contributed by atoms with Crippen LogP contribution in [0.1, 0.15) is 22.3 Å². The number of benzene rings is 2. The van der Waals surface area contributed by atoms with Crippen molar-refractivity contribution in [3.05, 3.63) is 65.7 Å². The molecule has 0 atom stereocenters. The summed E-state index contributed by atoms with van der Waals surface area (Å²) >= 11 is 1.56. The molecule has 3 rings (SSSR count). The lowest BCUT2D eigenvalue weighted by molar-refractivity contribution is -0.134. The Morgan fingerprint density at radius 2 is 1.93 bits per heavy atom. The first-order chi connectivity index (χ1) is 13.6. The molecule has 0 saturated heterocycles. The Balaban J connectivity index is 1.56. The van der Waals surface area contributed by atoms with Crippen LogP contribution in [0.3, 0.4) is 0 Å². The summed E-state index contributed by atoms with van der Waals surface area (Å²) in [5.41, 5.74) is 2.74. The van der Waals surface area contributed by atoms with Crippen LogP contribution in [0.4, 0.5) is 0 Å². The second-order valence-electron chi connectivity index (χ2n) is 6.33. The molecular weight excluding hydrogens is 374 g/mol. The fraction of sp³-hybridized carbons (Fsp3) is 0.273. The van der Waals surface area contributed by atoms with Gasteiger partial charge in [0.25, 0.3) is 5.91 Å². The van der Waals surface area contributed by atoms with E-state index < -0.39 is 5.97 Å². The van der Waals surface area contributed by atoms with E-state index >= 15 is 0 Å². The number of nitrogens with zero attached hydrogens (tertiary/aromatic N) is 1. The highest BCUT2D eigenvalue weighted by Gasteiger charge is 2.21. The van der Waals surface area contributed by atoms with Gasteiger partial charge in [0.15, 0.2) is 6.61 Å². The standard InChI is InChI=1S/C22H23NO4S/c1-26-20-14-18(28-2)8-9-19(20)22(25)27-15-21(24)23-12-10-17(11-13-23)16-6-4-3-5-7-16/h3-10,14H,11-13,15H2,1-2H3. The molecule has 0 radical (unpaired) electrons. The molecule has 1 aliphatic heterocycles. The van der Waals surface area contributed by atoms with Gasteiger partial charge in [-0.1, -0.05) is 36.4 Å². The van der Waals surface area contributed by atoms with E-state index in [-0.39, 0.29) is 12.5 Å². The molecule has 6 heteroatoms. The van der Waals surface area contributed by atoms with Crippen LogP contribution in [0, 0.1) is 0 Å². The van der Waals surface area contributed by atoms with E-state index in [1.165, 1.54) is 18.2 Å². The van der Waals surface area contributed by atoms with Crippen molar-refractivity contribution in [2.45, 2.75) is 11.3 Å². The maximum Gasteiger partial charge on any atom is 0.342 e. The third-order valence-corrected chi connectivity index (χ3v) is 5.39. The molecule has 5 nitrogen and oxygen atoms in total. The van der Waals surface area contributed by atoms with Crippen molar-refractivity contribution >= 4 is 29.2 Å². The lowest BCUT2D eigenvalue weighted by Crippen LogP contribution is -2.37. The molecule has 0 N–H and O–H groups in total. The Morgan fingerprint density at radius 3 is 2.57 bits per heavy atom. The molecule has 2 aromatic carbocycles. The van der Waals surface area contributed by atoms with Gasteiger partial charge in [0.2, 0.25) is 0 Å². The van der Waals surface area contributed by atoms with Gasteiger partial charge in [-0.2, -0.15) is 0 Å². The lowest BCUT2D eigenvalue weighted by Gasteiger charge is -2.26. The van der Waals surface area contributed by atoms with E-state index in [0.717, 1.165) is 11.3 Å². The molecule has 0 aliphatic carbocycles. The maximum atomic E-state index is 12.4. The van der Waals surface area contributed by atoms with E-state index in [4.69, 9.17) is 9.47 Å². The number of thioether (sulfide) groups is 1. The molecule has 0 bridgehead atoms. The van der Waals surface area contributed by atoms with Crippen molar-refractivity contribution in [3.8, 4) is 5.75 Å².